The standard InChI is InChI=1S/C19H20F3N7OS/c1-4-29-17(14-9-15(19(20,21)22)27-28(14)3)25-26-18(29)31-11-16(30)24-23-10-13-7-5-6-12(2)8-13/h5-10H,4,11H2,1-3H3,(H,24,30)/b23-10-. The van der Waals surface area contributed by atoms with Gasteiger partial charge in [-0.05, 0) is 25.5 Å². The molecule has 2 aromatic heterocycles. The molecule has 0 fully saturated rings. The number of rotatable bonds is 7. The summed E-state index contributed by atoms with van der Waals surface area (Å²) in [6.07, 6.45) is -3.01. The van der Waals surface area contributed by atoms with E-state index in [9.17, 15) is 18.0 Å². The summed E-state index contributed by atoms with van der Waals surface area (Å²) in [5, 5.41) is 15.9. The Kier molecular flexibility index (Phi) is 6.78. The average Bonchev–Trinajstić information content (AvgIpc) is 3.29. The molecule has 0 radical (unpaired) electrons. The SMILES string of the molecule is CCn1c(SCC(=O)N/N=C\c2cccc(C)c2)nnc1-c1cc(C(F)(F)F)nn1C. The number of alkyl halides is 3. The van der Waals surface area contributed by atoms with E-state index in [1.165, 1.54) is 7.05 Å². The van der Waals surface area contributed by atoms with Crippen LogP contribution in [0.25, 0.3) is 11.5 Å². The van der Waals surface area contributed by atoms with Gasteiger partial charge in [-0.15, -0.1) is 10.2 Å². The first-order valence-corrected chi connectivity index (χ1v) is 10.2. The van der Waals surface area contributed by atoms with E-state index in [4.69, 9.17) is 0 Å². The summed E-state index contributed by atoms with van der Waals surface area (Å²) < 4.78 is 41.6. The van der Waals surface area contributed by atoms with Crippen LogP contribution >= 0.6 is 11.8 Å². The largest absolute Gasteiger partial charge is 0.435 e. The number of hydrogen-bond donors (Lipinski definition) is 1. The molecule has 3 aromatic rings. The van der Waals surface area contributed by atoms with Crippen molar-refractivity contribution in [3.8, 4) is 11.5 Å². The summed E-state index contributed by atoms with van der Waals surface area (Å²) in [6.45, 7) is 4.18. The number of halogens is 3. The van der Waals surface area contributed by atoms with Crippen molar-refractivity contribution in [2.45, 2.75) is 31.7 Å². The van der Waals surface area contributed by atoms with Crippen molar-refractivity contribution in [2.75, 3.05) is 5.75 Å². The summed E-state index contributed by atoms with van der Waals surface area (Å²) in [5.74, 6) is -0.0861. The molecule has 3 rings (SSSR count). The van der Waals surface area contributed by atoms with E-state index in [-0.39, 0.29) is 23.2 Å². The van der Waals surface area contributed by atoms with Crippen molar-refractivity contribution < 1.29 is 18.0 Å². The third-order valence-electron chi connectivity index (χ3n) is 4.21. The molecule has 0 bridgehead atoms. The fourth-order valence-electron chi connectivity index (χ4n) is 2.78. The van der Waals surface area contributed by atoms with Crippen LogP contribution in [-0.2, 0) is 24.6 Å². The molecule has 1 N–H and O–H groups in total. The molecule has 0 spiro atoms. The van der Waals surface area contributed by atoms with Crippen LogP contribution in [0.5, 0.6) is 0 Å². The maximum absolute atomic E-state index is 12.9. The molecular weight excluding hydrogens is 431 g/mol. The number of amides is 1. The van der Waals surface area contributed by atoms with Gasteiger partial charge < -0.3 is 4.57 Å². The molecule has 0 saturated carbocycles. The molecule has 31 heavy (non-hydrogen) atoms. The van der Waals surface area contributed by atoms with Gasteiger partial charge in [-0.1, -0.05) is 41.6 Å². The summed E-state index contributed by atoms with van der Waals surface area (Å²) in [6, 6.07) is 8.57. The number of carbonyl (C=O) groups excluding carboxylic acids is 1. The van der Waals surface area contributed by atoms with E-state index in [0.29, 0.717) is 11.7 Å². The number of hydrogen-bond acceptors (Lipinski definition) is 6. The van der Waals surface area contributed by atoms with Crippen LogP contribution in [0.15, 0.2) is 40.6 Å². The Labute approximate surface area is 180 Å². The zero-order chi connectivity index (χ0) is 22.6. The topological polar surface area (TPSA) is 90.0 Å². The Bertz CT molecular complexity index is 1100. The van der Waals surface area contributed by atoms with Gasteiger partial charge in [0.2, 0.25) is 0 Å². The van der Waals surface area contributed by atoms with Gasteiger partial charge >= 0.3 is 6.18 Å². The Morgan fingerprint density at radius 1 is 1.29 bits per heavy atom. The highest BCUT2D eigenvalue weighted by Crippen LogP contribution is 2.31. The molecule has 0 aliphatic carbocycles. The molecule has 1 amide bonds. The van der Waals surface area contributed by atoms with Crippen molar-refractivity contribution in [1.82, 2.24) is 30.0 Å². The lowest BCUT2D eigenvalue weighted by Gasteiger charge is -2.07. The smallest absolute Gasteiger partial charge is 0.301 e. The quantitative estimate of drug-likeness (QED) is 0.338. The second kappa shape index (κ2) is 9.33. The van der Waals surface area contributed by atoms with Crippen LogP contribution in [0, 0.1) is 6.92 Å². The van der Waals surface area contributed by atoms with Crippen LogP contribution in [-0.4, -0.2) is 42.4 Å². The molecule has 0 aliphatic rings. The molecule has 0 aliphatic heterocycles. The average molecular weight is 451 g/mol. The molecule has 12 heteroatoms. The summed E-state index contributed by atoms with van der Waals surface area (Å²) in [7, 11) is 1.41. The number of thioether (sulfide) groups is 1. The predicted molar refractivity (Wildman–Crippen MR) is 111 cm³/mol. The number of nitrogens with one attached hydrogen (secondary N) is 1. The van der Waals surface area contributed by atoms with Crippen molar-refractivity contribution in [3.63, 3.8) is 0 Å². The molecule has 8 nitrogen and oxygen atoms in total. The maximum Gasteiger partial charge on any atom is 0.435 e. The minimum Gasteiger partial charge on any atom is -0.301 e. The summed E-state index contributed by atoms with van der Waals surface area (Å²) >= 11 is 1.11. The highest BCUT2D eigenvalue weighted by atomic mass is 32.2. The van der Waals surface area contributed by atoms with Gasteiger partial charge in [0.15, 0.2) is 16.7 Å². The molecular formula is C19H20F3N7OS. The van der Waals surface area contributed by atoms with Gasteiger partial charge in [0.25, 0.3) is 5.91 Å². The number of hydrazone groups is 1. The predicted octanol–water partition coefficient (Wildman–Crippen LogP) is 3.27. The van der Waals surface area contributed by atoms with E-state index in [2.05, 4.69) is 25.8 Å². The van der Waals surface area contributed by atoms with Gasteiger partial charge in [0.1, 0.15) is 5.69 Å². The van der Waals surface area contributed by atoms with Gasteiger partial charge in [0, 0.05) is 13.6 Å². The second-order valence-corrected chi connectivity index (χ2v) is 7.53. The maximum atomic E-state index is 12.9. The number of aryl methyl sites for hydroxylation is 2. The minimum absolute atomic E-state index is 0.0163. The first-order chi connectivity index (χ1) is 14.7. The second-order valence-electron chi connectivity index (χ2n) is 6.58. The lowest BCUT2D eigenvalue weighted by molar-refractivity contribution is -0.141. The highest BCUT2D eigenvalue weighted by Gasteiger charge is 2.35. The van der Waals surface area contributed by atoms with Crippen LogP contribution in [0.3, 0.4) is 0 Å². The van der Waals surface area contributed by atoms with Gasteiger partial charge in [-0.2, -0.15) is 23.4 Å². The third kappa shape index (κ3) is 5.51. The van der Waals surface area contributed by atoms with E-state index in [0.717, 1.165) is 33.6 Å². The fraction of sp³-hybridized carbons (Fsp3) is 0.316. The Balaban J connectivity index is 1.66. The van der Waals surface area contributed by atoms with Crippen molar-refractivity contribution in [1.29, 1.82) is 0 Å². The van der Waals surface area contributed by atoms with Gasteiger partial charge in [-0.25, -0.2) is 5.43 Å². The van der Waals surface area contributed by atoms with Crippen molar-refractivity contribution in [2.24, 2.45) is 12.1 Å². The molecule has 0 saturated heterocycles. The fourth-order valence-corrected chi connectivity index (χ4v) is 3.57. The number of aromatic nitrogens is 5. The van der Waals surface area contributed by atoms with E-state index in [1.54, 1.807) is 10.8 Å². The Hall–Kier alpha value is -3.15. The number of nitrogens with zero attached hydrogens (tertiary/aromatic N) is 6. The summed E-state index contributed by atoms with van der Waals surface area (Å²) in [4.78, 5) is 12.1. The zero-order valence-corrected chi connectivity index (χ0v) is 17.8. The minimum atomic E-state index is -4.55. The van der Waals surface area contributed by atoms with Crippen LogP contribution in [0.1, 0.15) is 23.7 Å². The van der Waals surface area contributed by atoms with Crippen LogP contribution < -0.4 is 5.43 Å². The van der Waals surface area contributed by atoms with E-state index < -0.39 is 11.9 Å². The molecule has 0 atom stereocenters. The molecule has 164 valence electrons. The molecule has 0 unspecified atom stereocenters. The highest BCUT2D eigenvalue weighted by molar-refractivity contribution is 7.99. The van der Waals surface area contributed by atoms with Crippen LogP contribution in [0.4, 0.5) is 13.2 Å². The van der Waals surface area contributed by atoms with E-state index in [1.807, 2.05) is 38.1 Å². The Morgan fingerprint density at radius 3 is 2.71 bits per heavy atom. The van der Waals surface area contributed by atoms with Crippen molar-refractivity contribution in [3.05, 3.63) is 47.2 Å². The lowest BCUT2D eigenvalue weighted by Crippen LogP contribution is -2.20. The van der Waals surface area contributed by atoms with E-state index >= 15 is 0 Å². The molecule has 2 heterocycles. The normalized spacial score (nSPS) is 11.9. The van der Waals surface area contributed by atoms with Gasteiger partial charge in [0.05, 0.1) is 12.0 Å². The third-order valence-corrected chi connectivity index (χ3v) is 5.18. The zero-order valence-electron chi connectivity index (χ0n) is 17.0. The first kappa shape index (κ1) is 22.5. The molecule has 1 aromatic carbocycles. The first-order valence-electron chi connectivity index (χ1n) is 9.25. The number of benzene rings is 1. The monoisotopic (exact) mass is 451 g/mol. The van der Waals surface area contributed by atoms with Crippen molar-refractivity contribution >= 4 is 23.9 Å². The van der Waals surface area contributed by atoms with Gasteiger partial charge in [-0.3, -0.25) is 9.48 Å². The lowest BCUT2D eigenvalue weighted by atomic mass is 10.2. The number of carbonyl (C=O) groups is 1. The Morgan fingerprint density at radius 2 is 2.06 bits per heavy atom. The van der Waals surface area contributed by atoms with Crippen LogP contribution in [0.2, 0.25) is 0 Å². The summed E-state index contributed by atoms with van der Waals surface area (Å²) in [5.41, 5.74) is 3.56.